The number of alkyl halides is 2. The molecule has 0 atom stereocenters. The minimum absolute atomic E-state index is 0.145. The Balaban J connectivity index is 2.84. The van der Waals surface area contributed by atoms with Crippen LogP contribution in [0.25, 0.3) is 0 Å². The number of halogens is 2. The number of hydrogen-bond acceptors (Lipinski definition) is 6. The first-order valence-electron chi connectivity index (χ1n) is 4.96. The van der Waals surface area contributed by atoms with Gasteiger partial charge in [-0.1, -0.05) is 0 Å². The molecule has 1 aromatic rings. The SMILES string of the molecule is COC(=O)c1coc(S(=O)(=O)NCC(F)(F)CN)c1. The van der Waals surface area contributed by atoms with Gasteiger partial charge < -0.3 is 14.9 Å². The van der Waals surface area contributed by atoms with Gasteiger partial charge in [0.05, 0.1) is 25.8 Å². The molecule has 0 aliphatic rings. The zero-order valence-electron chi connectivity index (χ0n) is 9.85. The summed E-state index contributed by atoms with van der Waals surface area (Å²) < 4.78 is 59.4. The van der Waals surface area contributed by atoms with Crippen molar-refractivity contribution in [2.45, 2.75) is 11.0 Å². The maximum absolute atomic E-state index is 12.8. The standard InChI is InChI=1S/C9H12F2N2O5S/c1-17-8(14)6-2-7(18-3-6)19(15,16)13-5-9(10,11)4-12/h2-3,13H,4-5,12H2,1H3. The minimum Gasteiger partial charge on any atom is -0.465 e. The molecule has 0 saturated carbocycles. The van der Waals surface area contributed by atoms with E-state index in [1.54, 1.807) is 4.72 Å². The molecule has 0 spiro atoms. The lowest BCUT2D eigenvalue weighted by molar-refractivity contribution is 0.0169. The Bertz CT molecular complexity index is 555. The third-order valence-corrected chi connectivity index (χ3v) is 3.35. The Morgan fingerprint density at radius 1 is 1.58 bits per heavy atom. The normalized spacial score (nSPS) is 12.4. The minimum atomic E-state index is -4.28. The molecule has 1 rings (SSSR count). The number of hydrogen-bond donors (Lipinski definition) is 2. The van der Waals surface area contributed by atoms with E-state index in [0.29, 0.717) is 0 Å². The van der Waals surface area contributed by atoms with Crippen LogP contribution in [-0.2, 0) is 14.8 Å². The molecule has 0 bridgehead atoms. The second-order valence-corrected chi connectivity index (χ2v) is 5.23. The van der Waals surface area contributed by atoms with E-state index in [9.17, 15) is 22.0 Å². The Kier molecular flexibility index (Phi) is 4.61. The summed E-state index contributed by atoms with van der Waals surface area (Å²) in [5, 5.41) is -0.666. The van der Waals surface area contributed by atoms with Crippen molar-refractivity contribution in [3.05, 3.63) is 17.9 Å². The van der Waals surface area contributed by atoms with Gasteiger partial charge in [-0.3, -0.25) is 0 Å². The third kappa shape index (κ3) is 3.98. The zero-order valence-corrected chi connectivity index (χ0v) is 10.7. The predicted molar refractivity (Wildman–Crippen MR) is 59.2 cm³/mol. The predicted octanol–water partition coefficient (Wildman–Crippen LogP) is -0.0615. The molecule has 0 unspecified atom stereocenters. The fraction of sp³-hybridized carbons (Fsp3) is 0.444. The van der Waals surface area contributed by atoms with Gasteiger partial charge >= 0.3 is 5.97 Å². The Hall–Kier alpha value is -1.52. The maximum atomic E-state index is 12.8. The Morgan fingerprint density at radius 3 is 2.74 bits per heavy atom. The van der Waals surface area contributed by atoms with E-state index in [1.807, 2.05) is 0 Å². The van der Waals surface area contributed by atoms with Crippen molar-refractivity contribution in [1.29, 1.82) is 0 Å². The summed E-state index contributed by atoms with van der Waals surface area (Å²) in [6, 6.07) is 0.870. The van der Waals surface area contributed by atoms with Crippen molar-refractivity contribution in [2.24, 2.45) is 5.73 Å². The van der Waals surface area contributed by atoms with Gasteiger partial charge in [-0.25, -0.2) is 26.7 Å². The molecule has 0 fully saturated rings. The zero-order chi connectivity index (χ0) is 14.7. The van der Waals surface area contributed by atoms with Gasteiger partial charge in [0.1, 0.15) is 6.26 Å². The lowest BCUT2D eigenvalue weighted by Crippen LogP contribution is -2.41. The van der Waals surface area contributed by atoms with Gasteiger partial charge in [0.25, 0.3) is 15.9 Å². The first-order valence-corrected chi connectivity index (χ1v) is 6.44. The largest absolute Gasteiger partial charge is 0.465 e. The monoisotopic (exact) mass is 298 g/mol. The first kappa shape index (κ1) is 15.5. The summed E-state index contributed by atoms with van der Waals surface area (Å²) in [4.78, 5) is 11.1. The highest BCUT2D eigenvalue weighted by Crippen LogP contribution is 2.16. The van der Waals surface area contributed by atoms with Gasteiger partial charge in [0, 0.05) is 6.07 Å². The number of furan rings is 1. The molecular formula is C9H12F2N2O5S. The van der Waals surface area contributed by atoms with Crippen LogP contribution in [0.15, 0.2) is 21.8 Å². The summed E-state index contributed by atoms with van der Waals surface area (Å²) in [5.41, 5.74) is 4.62. The third-order valence-electron chi connectivity index (χ3n) is 2.08. The molecule has 1 heterocycles. The van der Waals surface area contributed by atoms with Crippen LogP contribution in [0.3, 0.4) is 0 Å². The molecule has 108 valence electrons. The molecule has 0 aromatic carbocycles. The molecule has 0 aliphatic heterocycles. The van der Waals surface area contributed by atoms with Gasteiger partial charge in [-0.05, 0) is 0 Å². The Morgan fingerprint density at radius 2 is 2.21 bits per heavy atom. The van der Waals surface area contributed by atoms with E-state index < -0.39 is 40.1 Å². The van der Waals surface area contributed by atoms with E-state index in [1.165, 1.54) is 0 Å². The van der Waals surface area contributed by atoms with E-state index in [0.717, 1.165) is 19.4 Å². The number of ether oxygens (including phenoxy) is 1. The summed E-state index contributed by atoms with van der Waals surface area (Å²) in [6.07, 6.45) is 0.849. The van der Waals surface area contributed by atoms with E-state index in [4.69, 9.17) is 5.73 Å². The van der Waals surface area contributed by atoms with Gasteiger partial charge in [-0.2, -0.15) is 0 Å². The summed E-state index contributed by atoms with van der Waals surface area (Å²) >= 11 is 0. The summed E-state index contributed by atoms with van der Waals surface area (Å²) in [6.45, 7) is -2.17. The number of rotatable bonds is 6. The fourth-order valence-electron chi connectivity index (χ4n) is 1.03. The van der Waals surface area contributed by atoms with Crippen LogP contribution in [0.5, 0.6) is 0 Å². The average molecular weight is 298 g/mol. The second kappa shape index (κ2) is 5.63. The molecule has 0 saturated heterocycles. The van der Waals surface area contributed by atoms with Crippen LogP contribution >= 0.6 is 0 Å². The van der Waals surface area contributed by atoms with Crippen LogP contribution in [0, 0.1) is 0 Å². The molecule has 0 amide bonds. The summed E-state index contributed by atoms with van der Waals surface area (Å²) in [7, 11) is -3.18. The molecule has 10 heteroatoms. The Labute approximate surface area is 107 Å². The molecule has 0 radical (unpaired) electrons. The van der Waals surface area contributed by atoms with E-state index in [2.05, 4.69) is 9.15 Å². The highest BCUT2D eigenvalue weighted by Gasteiger charge is 2.30. The second-order valence-electron chi connectivity index (χ2n) is 3.53. The van der Waals surface area contributed by atoms with Gasteiger partial charge in [0.2, 0.25) is 5.09 Å². The average Bonchev–Trinajstić information content (AvgIpc) is 2.86. The van der Waals surface area contributed by atoms with Crippen LogP contribution < -0.4 is 10.5 Å². The number of methoxy groups -OCH3 is 1. The quantitative estimate of drug-likeness (QED) is 0.712. The number of esters is 1. The summed E-state index contributed by atoms with van der Waals surface area (Å²) in [5.74, 6) is -4.18. The van der Waals surface area contributed by atoms with Crippen molar-refractivity contribution in [2.75, 3.05) is 20.2 Å². The van der Waals surface area contributed by atoms with Crippen LogP contribution in [0.2, 0.25) is 0 Å². The first-order chi connectivity index (χ1) is 8.72. The highest BCUT2D eigenvalue weighted by atomic mass is 32.2. The number of nitrogens with two attached hydrogens (primary N) is 1. The van der Waals surface area contributed by atoms with Crippen molar-refractivity contribution in [3.8, 4) is 0 Å². The van der Waals surface area contributed by atoms with Crippen molar-refractivity contribution >= 4 is 16.0 Å². The maximum Gasteiger partial charge on any atom is 0.341 e. The number of carbonyl (C=O) groups excluding carboxylic acids is 1. The van der Waals surface area contributed by atoms with Crippen LogP contribution in [-0.4, -0.2) is 40.5 Å². The van der Waals surface area contributed by atoms with Gasteiger partial charge in [-0.15, -0.1) is 0 Å². The number of nitrogens with one attached hydrogen (secondary N) is 1. The van der Waals surface area contributed by atoms with Gasteiger partial charge in [0.15, 0.2) is 0 Å². The lowest BCUT2D eigenvalue weighted by atomic mass is 10.3. The molecule has 0 aliphatic carbocycles. The smallest absolute Gasteiger partial charge is 0.341 e. The van der Waals surface area contributed by atoms with E-state index in [-0.39, 0.29) is 5.56 Å². The molecular weight excluding hydrogens is 286 g/mol. The van der Waals surface area contributed by atoms with Crippen LogP contribution in [0.1, 0.15) is 10.4 Å². The lowest BCUT2D eigenvalue weighted by Gasteiger charge is -2.13. The number of carbonyl (C=O) groups is 1. The van der Waals surface area contributed by atoms with Crippen LogP contribution in [0.4, 0.5) is 8.78 Å². The van der Waals surface area contributed by atoms with E-state index >= 15 is 0 Å². The highest BCUT2D eigenvalue weighted by molar-refractivity contribution is 7.89. The number of sulfonamides is 1. The molecule has 7 nitrogen and oxygen atoms in total. The molecule has 3 N–H and O–H groups in total. The van der Waals surface area contributed by atoms with Crippen molar-refractivity contribution < 1.29 is 31.1 Å². The van der Waals surface area contributed by atoms with Crippen molar-refractivity contribution in [3.63, 3.8) is 0 Å². The fourth-order valence-corrected chi connectivity index (χ4v) is 2.03. The molecule has 1 aromatic heterocycles. The molecule has 19 heavy (non-hydrogen) atoms. The van der Waals surface area contributed by atoms with Crippen molar-refractivity contribution in [1.82, 2.24) is 4.72 Å². The topological polar surface area (TPSA) is 112 Å².